The highest BCUT2D eigenvalue weighted by atomic mass is 35.5. The maximum absolute atomic E-state index is 6.29. The van der Waals surface area contributed by atoms with Gasteiger partial charge in [0.2, 0.25) is 0 Å². The predicted octanol–water partition coefficient (Wildman–Crippen LogP) is 5.07. The lowest BCUT2D eigenvalue weighted by atomic mass is 10.0. The molecule has 5 rings (SSSR count). The molecule has 5 nitrogen and oxygen atoms in total. The monoisotopic (exact) mass is 387 g/mol. The van der Waals surface area contributed by atoms with E-state index in [2.05, 4.69) is 32.4 Å². The largest absolute Gasteiger partial charge is 0.305 e. The number of hydrogen-bond acceptors (Lipinski definition) is 4. The van der Waals surface area contributed by atoms with E-state index in [1.165, 1.54) is 42.6 Å². The van der Waals surface area contributed by atoms with Crippen LogP contribution in [0.5, 0.6) is 0 Å². The third kappa shape index (κ3) is 2.38. The fraction of sp³-hybridized carbons (Fsp3) is 0.526. The van der Waals surface area contributed by atoms with Crippen molar-refractivity contribution in [3.8, 4) is 22.2 Å². The Bertz CT molecular complexity index is 957. The number of halogens is 1. The quantitative estimate of drug-likeness (QED) is 0.630. The van der Waals surface area contributed by atoms with E-state index >= 15 is 0 Å². The number of aryl methyl sites for hydroxylation is 2. The van der Waals surface area contributed by atoms with Gasteiger partial charge < -0.3 is 4.57 Å². The molecule has 0 radical (unpaired) electrons. The first-order valence-corrected chi connectivity index (χ1v) is 10.7. The van der Waals surface area contributed by atoms with E-state index < -0.39 is 0 Å². The van der Waals surface area contributed by atoms with E-state index in [1.807, 2.05) is 6.92 Å². The van der Waals surface area contributed by atoms with Crippen LogP contribution >= 0.6 is 22.9 Å². The first-order chi connectivity index (χ1) is 12.7. The van der Waals surface area contributed by atoms with Crippen LogP contribution in [0.25, 0.3) is 22.2 Å². The second-order valence-corrected chi connectivity index (χ2v) is 8.98. The molecule has 1 aliphatic heterocycles. The van der Waals surface area contributed by atoms with E-state index in [9.17, 15) is 0 Å². The zero-order chi connectivity index (χ0) is 17.8. The zero-order valence-electron chi connectivity index (χ0n) is 15.1. The average molecular weight is 388 g/mol. The Morgan fingerprint density at radius 1 is 1.23 bits per heavy atom. The van der Waals surface area contributed by atoms with Gasteiger partial charge in [-0.25, -0.2) is 0 Å². The Labute approximate surface area is 162 Å². The molecule has 0 unspecified atom stereocenters. The van der Waals surface area contributed by atoms with E-state index in [0.717, 1.165) is 45.8 Å². The molecule has 0 bridgehead atoms. The second kappa shape index (κ2) is 6.20. The van der Waals surface area contributed by atoms with Gasteiger partial charge in [0.15, 0.2) is 11.6 Å². The van der Waals surface area contributed by atoms with Crippen LogP contribution in [0.1, 0.15) is 55.5 Å². The second-order valence-electron chi connectivity index (χ2n) is 7.33. The van der Waals surface area contributed by atoms with Crippen molar-refractivity contribution in [1.29, 1.82) is 0 Å². The van der Waals surface area contributed by atoms with Crippen LogP contribution in [0.15, 0.2) is 6.07 Å². The molecule has 3 aromatic heterocycles. The Morgan fingerprint density at radius 2 is 2.00 bits per heavy atom. The van der Waals surface area contributed by atoms with E-state index in [0.29, 0.717) is 6.04 Å². The fourth-order valence-electron chi connectivity index (χ4n) is 4.38. The summed E-state index contributed by atoms with van der Waals surface area (Å²) in [6.07, 6.45) is 7.01. The van der Waals surface area contributed by atoms with Crippen LogP contribution in [0.4, 0.5) is 0 Å². The molecule has 0 spiro atoms. The molecule has 7 heteroatoms. The van der Waals surface area contributed by atoms with Gasteiger partial charge in [-0.05, 0) is 44.2 Å². The summed E-state index contributed by atoms with van der Waals surface area (Å²) >= 11 is 7.88. The molecule has 0 N–H and O–H groups in total. The van der Waals surface area contributed by atoms with Gasteiger partial charge in [-0.2, -0.15) is 5.10 Å². The lowest BCUT2D eigenvalue weighted by Gasteiger charge is -2.20. The Morgan fingerprint density at radius 3 is 2.69 bits per heavy atom. The van der Waals surface area contributed by atoms with Gasteiger partial charge in [-0.3, -0.25) is 4.68 Å². The topological polar surface area (TPSA) is 48.5 Å². The third-order valence-electron chi connectivity index (χ3n) is 5.72. The normalized spacial score (nSPS) is 16.9. The number of fused-ring (bicyclic) bond motifs is 3. The Kier molecular flexibility index (Phi) is 3.94. The number of hydrogen-bond donors (Lipinski definition) is 0. The highest BCUT2D eigenvalue weighted by Gasteiger charge is 2.32. The van der Waals surface area contributed by atoms with E-state index in [1.54, 1.807) is 11.3 Å². The highest BCUT2D eigenvalue weighted by molar-refractivity contribution is 7.19. The highest BCUT2D eigenvalue weighted by Crippen LogP contribution is 2.41. The molecule has 0 atom stereocenters. The molecule has 136 valence electrons. The van der Waals surface area contributed by atoms with Crippen LogP contribution in [0, 0.1) is 6.92 Å². The molecule has 2 aliphatic rings. The Balaban J connectivity index is 1.67. The lowest BCUT2D eigenvalue weighted by Crippen LogP contribution is -2.16. The summed E-state index contributed by atoms with van der Waals surface area (Å²) in [5.74, 6) is 1.91. The summed E-state index contributed by atoms with van der Waals surface area (Å²) in [5.41, 5.74) is 4.92. The summed E-state index contributed by atoms with van der Waals surface area (Å²) in [6.45, 7) is 5.14. The lowest BCUT2D eigenvalue weighted by molar-refractivity contribution is 0.465. The van der Waals surface area contributed by atoms with Crippen molar-refractivity contribution in [3.63, 3.8) is 0 Å². The van der Waals surface area contributed by atoms with Crippen LogP contribution < -0.4 is 0 Å². The molecule has 3 aromatic rings. The minimum Gasteiger partial charge on any atom is -0.305 e. The number of rotatable bonds is 3. The van der Waals surface area contributed by atoms with Crippen LogP contribution in [0.2, 0.25) is 4.34 Å². The van der Waals surface area contributed by atoms with Gasteiger partial charge in [-0.1, -0.05) is 31.4 Å². The van der Waals surface area contributed by atoms with Crippen molar-refractivity contribution in [2.75, 3.05) is 0 Å². The van der Waals surface area contributed by atoms with Gasteiger partial charge in [-0.15, -0.1) is 21.5 Å². The van der Waals surface area contributed by atoms with Gasteiger partial charge in [0.05, 0.1) is 20.9 Å². The average Bonchev–Trinajstić information content (AvgIpc) is 3.39. The molecule has 1 aliphatic carbocycles. The van der Waals surface area contributed by atoms with Gasteiger partial charge >= 0.3 is 0 Å². The predicted molar refractivity (Wildman–Crippen MR) is 105 cm³/mol. The molecule has 4 heterocycles. The van der Waals surface area contributed by atoms with Gasteiger partial charge in [0.25, 0.3) is 0 Å². The minimum absolute atomic E-state index is 0.508. The summed E-state index contributed by atoms with van der Waals surface area (Å²) < 4.78 is 5.37. The number of thiophene rings is 1. The van der Waals surface area contributed by atoms with Crippen molar-refractivity contribution in [2.24, 2.45) is 0 Å². The fourth-order valence-corrected chi connectivity index (χ4v) is 5.57. The summed E-state index contributed by atoms with van der Waals surface area (Å²) in [6, 6.07) is 2.63. The van der Waals surface area contributed by atoms with Crippen molar-refractivity contribution in [1.82, 2.24) is 24.5 Å². The van der Waals surface area contributed by atoms with Crippen LogP contribution in [0.3, 0.4) is 0 Å². The molecule has 0 amide bonds. The van der Waals surface area contributed by atoms with Crippen molar-refractivity contribution < 1.29 is 0 Å². The maximum Gasteiger partial charge on any atom is 0.182 e. The van der Waals surface area contributed by atoms with Crippen molar-refractivity contribution in [3.05, 3.63) is 27.2 Å². The number of aromatic nitrogens is 5. The maximum atomic E-state index is 6.29. The SMILES string of the molecule is CCc1nn(C2CCCC2)c2c1CCn1c(-c3cc(C)c(Cl)s3)nnc1-2. The number of nitrogens with zero attached hydrogens (tertiary/aromatic N) is 5. The van der Waals surface area contributed by atoms with E-state index in [-0.39, 0.29) is 0 Å². The molecule has 26 heavy (non-hydrogen) atoms. The molecule has 0 aromatic carbocycles. The molecular weight excluding hydrogens is 366 g/mol. The summed E-state index contributed by atoms with van der Waals surface area (Å²) in [5, 5.41) is 14.2. The third-order valence-corrected chi connectivity index (χ3v) is 7.27. The zero-order valence-corrected chi connectivity index (χ0v) is 16.7. The van der Waals surface area contributed by atoms with E-state index in [4.69, 9.17) is 16.7 Å². The summed E-state index contributed by atoms with van der Waals surface area (Å²) in [7, 11) is 0. The van der Waals surface area contributed by atoms with Crippen LogP contribution in [-0.2, 0) is 19.4 Å². The molecule has 1 fully saturated rings. The molecule has 0 saturated heterocycles. The first kappa shape index (κ1) is 16.5. The molecular formula is C19H22ClN5S. The molecule has 1 saturated carbocycles. The van der Waals surface area contributed by atoms with Crippen LogP contribution in [-0.4, -0.2) is 24.5 Å². The van der Waals surface area contributed by atoms with Crippen molar-refractivity contribution in [2.45, 2.75) is 65.0 Å². The standard InChI is InChI=1S/C19H22ClN5S/c1-3-14-13-8-9-24-18(15-10-11(2)17(20)26-15)21-22-19(24)16(13)25(23-14)12-6-4-5-7-12/h10,12H,3-9H2,1-2H3. The Hall–Kier alpha value is -1.66. The van der Waals surface area contributed by atoms with Gasteiger partial charge in [0.1, 0.15) is 5.69 Å². The smallest absolute Gasteiger partial charge is 0.182 e. The van der Waals surface area contributed by atoms with Crippen molar-refractivity contribution >= 4 is 22.9 Å². The summed E-state index contributed by atoms with van der Waals surface area (Å²) in [4.78, 5) is 1.09. The first-order valence-electron chi connectivity index (χ1n) is 9.47. The van der Waals surface area contributed by atoms with Gasteiger partial charge in [0, 0.05) is 12.1 Å². The minimum atomic E-state index is 0.508.